The molecule has 0 aromatic carbocycles. The van der Waals surface area contributed by atoms with Crippen molar-refractivity contribution in [3.05, 3.63) is 0 Å². The van der Waals surface area contributed by atoms with Crippen molar-refractivity contribution in [2.24, 2.45) is 17.8 Å². The molecule has 0 bridgehead atoms. The van der Waals surface area contributed by atoms with Gasteiger partial charge in [0.1, 0.15) is 0 Å². The summed E-state index contributed by atoms with van der Waals surface area (Å²) < 4.78 is 28.7. The van der Waals surface area contributed by atoms with Gasteiger partial charge in [-0.25, -0.2) is 8.78 Å². The van der Waals surface area contributed by atoms with Gasteiger partial charge in [0.25, 0.3) is 5.92 Å². The Morgan fingerprint density at radius 3 is 2.20 bits per heavy atom. The molecule has 20 heavy (non-hydrogen) atoms. The molecule has 0 aromatic heterocycles. The van der Waals surface area contributed by atoms with Crippen LogP contribution < -0.4 is 0 Å². The predicted molar refractivity (Wildman–Crippen MR) is 79.2 cm³/mol. The van der Waals surface area contributed by atoms with Gasteiger partial charge in [-0.05, 0) is 50.7 Å². The molecule has 2 saturated heterocycles. The van der Waals surface area contributed by atoms with E-state index >= 15 is 0 Å². The number of nitrogens with zero attached hydrogens (tertiary/aromatic N) is 2. The van der Waals surface area contributed by atoms with Gasteiger partial charge >= 0.3 is 0 Å². The molecule has 2 heterocycles. The lowest BCUT2D eigenvalue weighted by atomic mass is 9.90. The van der Waals surface area contributed by atoms with E-state index in [0.717, 1.165) is 44.9 Å². The fraction of sp³-hybridized carbons (Fsp3) is 1.00. The number of halogens is 2. The molecule has 0 saturated carbocycles. The van der Waals surface area contributed by atoms with E-state index in [-0.39, 0.29) is 6.54 Å². The van der Waals surface area contributed by atoms with E-state index in [2.05, 4.69) is 25.7 Å². The Bertz CT molecular complexity index is 299. The van der Waals surface area contributed by atoms with Crippen molar-refractivity contribution in [1.29, 1.82) is 0 Å². The number of alkyl halides is 2. The van der Waals surface area contributed by atoms with Crippen LogP contribution in [0.2, 0.25) is 0 Å². The van der Waals surface area contributed by atoms with Crippen LogP contribution in [0.1, 0.15) is 40.0 Å². The summed E-state index contributed by atoms with van der Waals surface area (Å²) >= 11 is 0. The molecule has 0 radical (unpaired) electrons. The number of hydrogen-bond donors (Lipinski definition) is 0. The number of piperidine rings is 2. The molecule has 2 rings (SSSR count). The Morgan fingerprint density at radius 1 is 1.05 bits per heavy atom. The molecule has 118 valence electrons. The molecule has 2 aliphatic heterocycles. The van der Waals surface area contributed by atoms with E-state index in [9.17, 15) is 8.78 Å². The normalized spacial score (nSPS) is 30.0. The summed E-state index contributed by atoms with van der Waals surface area (Å²) in [6.45, 7) is 10.6. The average Bonchev–Trinajstić information content (AvgIpc) is 2.34. The van der Waals surface area contributed by atoms with Crippen LogP contribution in [0.3, 0.4) is 0 Å². The molecule has 2 aliphatic rings. The summed E-state index contributed by atoms with van der Waals surface area (Å²) in [5.41, 5.74) is 0. The molecule has 1 unspecified atom stereocenters. The smallest absolute Gasteiger partial charge is 0.264 e. The minimum atomic E-state index is -2.52. The van der Waals surface area contributed by atoms with Crippen molar-refractivity contribution in [3.8, 4) is 0 Å². The van der Waals surface area contributed by atoms with Gasteiger partial charge in [0.2, 0.25) is 0 Å². The van der Waals surface area contributed by atoms with Crippen molar-refractivity contribution in [1.82, 2.24) is 9.80 Å². The van der Waals surface area contributed by atoms with E-state index in [4.69, 9.17) is 0 Å². The van der Waals surface area contributed by atoms with Crippen molar-refractivity contribution in [3.63, 3.8) is 0 Å². The van der Waals surface area contributed by atoms with E-state index < -0.39 is 11.8 Å². The topological polar surface area (TPSA) is 6.48 Å². The van der Waals surface area contributed by atoms with Gasteiger partial charge in [-0.3, -0.25) is 4.90 Å². The summed E-state index contributed by atoms with van der Waals surface area (Å²) in [4.78, 5) is 4.20. The molecule has 1 atom stereocenters. The van der Waals surface area contributed by atoms with E-state index in [1.54, 1.807) is 0 Å². The molecular weight excluding hydrogens is 258 g/mol. The maximum atomic E-state index is 14.3. The maximum absolute atomic E-state index is 14.3. The highest BCUT2D eigenvalue weighted by Gasteiger charge is 2.45. The first-order chi connectivity index (χ1) is 9.37. The predicted octanol–water partition coefficient (Wildman–Crippen LogP) is 3.33. The van der Waals surface area contributed by atoms with Crippen molar-refractivity contribution < 1.29 is 8.78 Å². The first kappa shape index (κ1) is 16.2. The number of likely N-dealkylation sites (tertiary alicyclic amines) is 2. The molecule has 0 spiro atoms. The van der Waals surface area contributed by atoms with Crippen molar-refractivity contribution in [2.45, 2.75) is 46.0 Å². The third-order valence-electron chi connectivity index (χ3n) is 4.80. The molecule has 0 aromatic rings. The molecule has 4 heteroatoms. The summed E-state index contributed by atoms with van der Waals surface area (Å²) in [5, 5.41) is 0. The van der Waals surface area contributed by atoms with Crippen LogP contribution in [-0.2, 0) is 0 Å². The third kappa shape index (κ3) is 4.39. The average molecular weight is 288 g/mol. The Labute approximate surface area is 122 Å². The van der Waals surface area contributed by atoms with Gasteiger partial charge in [-0.15, -0.1) is 0 Å². The molecule has 2 nitrogen and oxygen atoms in total. The highest BCUT2D eigenvalue weighted by molar-refractivity contribution is 4.89. The van der Waals surface area contributed by atoms with Gasteiger partial charge in [0.05, 0.1) is 6.54 Å². The zero-order valence-corrected chi connectivity index (χ0v) is 13.2. The lowest BCUT2D eigenvalue weighted by molar-refractivity contribution is -0.121. The van der Waals surface area contributed by atoms with Gasteiger partial charge in [-0.2, -0.15) is 0 Å². The summed E-state index contributed by atoms with van der Waals surface area (Å²) in [6, 6.07) is 0. The third-order valence-corrected chi connectivity index (χ3v) is 4.80. The highest BCUT2D eigenvalue weighted by atomic mass is 19.3. The first-order valence-electron chi connectivity index (χ1n) is 8.19. The summed E-state index contributed by atoms with van der Waals surface area (Å²) in [5.74, 6) is -1.74. The van der Waals surface area contributed by atoms with E-state index in [1.165, 1.54) is 0 Å². The SMILES string of the molecule is CC(C)CN1CCC(CN2CCC(C)CC2)C(F)(F)C1. The lowest BCUT2D eigenvalue weighted by Crippen LogP contribution is -2.53. The van der Waals surface area contributed by atoms with Crippen LogP contribution >= 0.6 is 0 Å². The number of rotatable bonds is 4. The van der Waals surface area contributed by atoms with Crippen LogP contribution in [0, 0.1) is 17.8 Å². The standard InChI is InChI=1S/C16H30F2N2/c1-13(2)10-20-9-6-15(16(17,18)12-20)11-19-7-4-14(3)5-8-19/h13-15H,4-12H2,1-3H3. The highest BCUT2D eigenvalue weighted by Crippen LogP contribution is 2.34. The quantitative estimate of drug-likeness (QED) is 0.783. The second kappa shape index (κ2) is 6.69. The molecule has 0 aliphatic carbocycles. The summed E-state index contributed by atoms with van der Waals surface area (Å²) in [7, 11) is 0. The zero-order chi connectivity index (χ0) is 14.8. The Kier molecular flexibility index (Phi) is 5.41. The molecule has 0 amide bonds. The molecule has 2 fully saturated rings. The molecular formula is C16H30F2N2. The van der Waals surface area contributed by atoms with Crippen LogP contribution in [0.5, 0.6) is 0 Å². The van der Waals surface area contributed by atoms with Crippen LogP contribution in [-0.4, -0.2) is 55.0 Å². The van der Waals surface area contributed by atoms with Crippen LogP contribution in [0.25, 0.3) is 0 Å². The van der Waals surface area contributed by atoms with Gasteiger partial charge in [0, 0.05) is 19.0 Å². The second-order valence-electron chi connectivity index (χ2n) is 7.36. The number of hydrogen-bond acceptors (Lipinski definition) is 2. The van der Waals surface area contributed by atoms with Gasteiger partial charge in [0.15, 0.2) is 0 Å². The van der Waals surface area contributed by atoms with Crippen molar-refractivity contribution in [2.75, 3.05) is 39.3 Å². The maximum Gasteiger partial charge on any atom is 0.264 e. The monoisotopic (exact) mass is 288 g/mol. The fourth-order valence-electron chi connectivity index (χ4n) is 3.51. The molecule has 0 N–H and O–H groups in total. The fourth-order valence-corrected chi connectivity index (χ4v) is 3.51. The second-order valence-corrected chi connectivity index (χ2v) is 7.36. The minimum Gasteiger partial charge on any atom is -0.303 e. The minimum absolute atomic E-state index is 0.0416. The summed E-state index contributed by atoms with van der Waals surface area (Å²) in [6.07, 6.45) is 2.97. The zero-order valence-electron chi connectivity index (χ0n) is 13.2. The first-order valence-corrected chi connectivity index (χ1v) is 8.19. The lowest BCUT2D eigenvalue weighted by Gasteiger charge is -2.42. The van der Waals surface area contributed by atoms with Crippen molar-refractivity contribution >= 4 is 0 Å². The van der Waals surface area contributed by atoms with Crippen LogP contribution in [0.4, 0.5) is 8.78 Å². The Balaban J connectivity index is 1.84. The van der Waals surface area contributed by atoms with Gasteiger partial charge < -0.3 is 4.90 Å². The van der Waals surface area contributed by atoms with E-state index in [0.29, 0.717) is 18.9 Å². The van der Waals surface area contributed by atoms with Crippen LogP contribution in [0.15, 0.2) is 0 Å². The van der Waals surface area contributed by atoms with Gasteiger partial charge in [-0.1, -0.05) is 20.8 Å². The Morgan fingerprint density at radius 2 is 1.65 bits per heavy atom. The van der Waals surface area contributed by atoms with E-state index in [1.807, 2.05) is 4.90 Å². The largest absolute Gasteiger partial charge is 0.303 e. The Hall–Kier alpha value is -0.220.